The lowest BCUT2D eigenvalue weighted by Crippen LogP contribution is -2.85. The van der Waals surface area contributed by atoms with Crippen LogP contribution in [0.3, 0.4) is 0 Å². The summed E-state index contributed by atoms with van der Waals surface area (Å²) < 4.78 is 10.9. The molecule has 1 heterocycles. The van der Waals surface area contributed by atoms with Crippen LogP contribution in [0, 0.1) is 28.6 Å². The number of carbonyl (C=O) groups excluding carboxylic acids is 5. The zero-order chi connectivity index (χ0) is 30.5. The SMILES string of the molecule is CN(C)[C@@H]1C(=O)C(C(N)=O)C(=O)[C@@]2(C#N)C(=O)C3C(=O)c4c(O)ccc(-c5ccc6c(c5)OCO6)c4C[C@@]3(N)C[C@@]12N. The van der Waals surface area contributed by atoms with Crippen LogP contribution in [0.2, 0.25) is 0 Å². The van der Waals surface area contributed by atoms with Gasteiger partial charge in [0.25, 0.3) is 0 Å². The number of aromatic hydroxyl groups is 1. The average molecular weight is 574 g/mol. The van der Waals surface area contributed by atoms with Gasteiger partial charge in [-0.25, -0.2) is 0 Å². The molecule has 13 heteroatoms. The van der Waals surface area contributed by atoms with Gasteiger partial charge in [0, 0.05) is 5.54 Å². The third kappa shape index (κ3) is 3.19. The number of primary amides is 1. The minimum Gasteiger partial charge on any atom is -0.507 e. The van der Waals surface area contributed by atoms with E-state index in [1.807, 2.05) is 0 Å². The Labute approximate surface area is 239 Å². The van der Waals surface area contributed by atoms with Crippen LogP contribution in [-0.4, -0.2) is 77.1 Å². The summed E-state index contributed by atoms with van der Waals surface area (Å²) >= 11 is 0. The Hall–Kier alpha value is -4.64. The van der Waals surface area contributed by atoms with E-state index in [1.54, 1.807) is 30.3 Å². The van der Waals surface area contributed by atoms with Crippen molar-refractivity contribution < 1.29 is 38.6 Å². The number of nitriles is 1. The van der Waals surface area contributed by atoms with Crippen molar-refractivity contribution in [3.8, 4) is 34.4 Å². The lowest BCUT2D eigenvalue weighted by molar-refractivity contribution is -0.166. The molecule has 2 aromatic carbocycles. The normalized spacial score (nSPS) is 33.1. The molecule has 7 N–H and O–H groups in total. The number of hydrogen-bond donors (Lipinski definition) is 4. The van der Waals surface area contributed by atoms with Gasteiger partial charge in [-0.15, -0.1) is 0 Å². The van der Waals surface area contributed by atoms with Gasteiger partial charge in [0.1, 0.15) is 11.7 Å². The predicted octanol–water partition coefficient (Wildman–Crippen LogP) is -0.796. The summed E-state index contributed by atoms with van der Waals surface area (Å²) in [4.78, 5) is 69.5. The molecular formula is C29H27N5O8. The summed E-state index contributed by atoms with van der Waals surface area (Å²) in [5.74, 6) is -9.11. The molecule has 0 radical (unpaired) electrons. The van der Waals surface area contributed by atoms with E-state index in [1.165, 1.54) is 25.1 Å². The van der Waals surface area contributed by atoms with Crippen LogP contribution < -0.4 is 26.7 Å². The van der Waals surface area contributed by atoms with Crippen molar-refractivity contribution in [2.75, 3.05) is 20.9 Å². The number of fused-ring (bicyclic) bond motifs is 4. The first-order valence-corrected chi connectivity index (χ1v) is 13.1. The minimum absolute atomic E-state index is 0.0426. The number of hydrogen-bond acceptors (Lipinski definition) is 12. The monoisotopic (exact) mass is 573 g/mol. The maximum atomic E-state index is 14.4. The van der Waals surface area contributed by atoms with Crippen LogP contribution in [-0.2, 0) is 25.6 Å². The Morgan fingerprint density at radius 3 is 2.40 bits per heavy atom. The van der Waals surface area contributed by atoms with E-state index >= 15 is 0 Å². The first kappa shape index (κ1) is 27.5. The van der Waals surface area contributed by atoms with Crippen molar-refractivity contribution in [3.63, 3.8) is 0 Å². The highest BCUT2D eigenvalue weighted by atomic mass is 16.7. The number of phenolic OH excluding ortho intramolecular Hbond substituents is 1. The fourth-order valence-electron chi connectivity index (χ4n) is 7.54. The second-order valence-corrected chi connectivity index (χ2v) is 11.7. The quantitative estimate of drug-likeness (QED) is 0.331. The molecular weight excluding hydrogens is 546 g/mol. The number of phenols is 1. The molecule has 2 unspecified atom stereocenters. The lowest BCUT2D eigenvalue weighted by atomic mass is 9.42. The average Bonchev–Trinajstić information content (AvgIpc) is 3.35. The minimum atomic E-state index is -2.79. The maximum Gasteiger partial charge on any atom is 0.235 e. The van der Waals surface area contributed by atoms with Crippen LogP contribution in [0.1, 0.15) is 22.3 Å². The number of nitrogens with zero attached hydrogens (tertiary/aromatic N) is 2. The molecule has 0 saturated heterocycles. The largest absolute Gasteiger partial charge is 0.507 e. The molecule has 2 fully saturated rings. The highest BCUT2D eigenvalue weighted by Gasteiger charge is 2.78. The highest BCUT2D eigenvalue weighted by Crippen LogP contribution is 2.57. The Bertz CT molecular complexity index is 1700. The molecule has 0 spiro atoms. The highest BCUT2D eigenvalue weighted by molar-refractivity contribution is 6.33. The van der Waals surface area contributed by atoms with Gasteiger partial charge in [0.05, 0.1) is 23.2 Å². The first-order chi connectivity index (χ1) is 19.7. The van der Waals surface area contributed by atoms with E-state index in [0.29, 0.717) is 28.2 Å². The molecule has 6 rings (SSSR count). The Balaban J connectivity index is 1.57. The fraction of sp³-hybridized carbons (Fsp3) is 0.379. The van der Waals surface area contributed by atoms with Crippen molar-refractivity contribution in [2.45, 2.75) is 30.0 Å². The number of Topliss-reactive ketones (excluding diaryl/α,β-unsaturated/α-hetero) is 4. The topological polar surface area (TPSA) is 229 Å². The third-order valence-corrected chi connectivity index (χ3v) is 9.16. The molecule has 2 aromatic rings. The molecule has 0 bridgehead atoms. The Morgan fingerprint density at radius 1 is 1.07 bits per heavy atom. The number of ketones is 4. The molecule has 3 aliphatic carbocycles. The van der Waals surface area contributed by atoms with Crippen LogP contribution >= 0.6 is 0 Å². The van der Waals surface area contributed by atoms with Gasteiger partial charge >= 0.3 is 0 Å². The third-order valence-electron chi connectivity index (χ3n) is 9.16. The maximum absolute atomic E-state index is 14.4. The standard InChI is InChI=1S/C29H27N5O8/c1-34(2)23-22(37)19(26(31)40)24(38)28(10-30)25(39)20-21(36)18-14(8-27(20,32)9-29(23,28)33)13(4-5-15(18)35)12-3-6-16-17(7-12)42-11-41-16/h3-7,19-20,23,35H,8-9,11,32-33H2,1-2H3,(H2,31,40)/t19?,20?,23-,27-,28+,29-/m1/s1. The zero-order valence-corrected chi connectivity index (χ0v) is 22.7. The second kappa shape index (κ2) is 8.68. The van der Waals surface area contributed by atoms with Gasteiger partial charge in [0.15, 0.2) is 46.0 Å². The van der Waals surface area contributed by atoms with E-state index in [2.05, 4.69) is 0 Å². The van der Waals surface area contributed by atoms with Crippen molar-refractivity contribution in [3.05, 3.63) is 41.5 Å². The van der Waals surface area contributed by atoms with Gasteiger partial charge < -0.3 is 31.8 Å². The van der Waals surface area contributed by atoms with Crippen molar-refractivity contribution in [2.24, 2.45) is 34.5 Å². The van der Waals surface area contributed by atoms with E-state index in [0.717, 1.165) is 0 Å². The number of amides is 1. The van der Waals surface area contributed by atoms with E-state index in [9.17, 15) is 34.3 Å². The first-order valence-electron chi connectivity index (χ1n) is 13.1. The molecule has 6 atom stereocenters. The Kier molecular flexibility index (Phi) is 5.69. The van der Waals surface area contributed by atoms with Crippen LogP contribution in [0.5, 0.6) is 17.2 Å². The van der Waals surface area contributed by atoms with E-state index in [-0.39, 0.29) is 18.8 Å². The van der Waals surface area contributed by atoms with Gasteiger partial charge in [-0.1, -0.05) is 12.1 Å². The smallest absolute Gasteiger partial charge is 0.235 e. The summed E-state index contributed by atoms with van der Waals surface area (Å²) in [6, 6.07) is 8.25. The molecule has 13 nitrogen and oxygen atoms in total. The van der Waals surface area contributed by atoms with Gasteiger partial charge in [0.2, 0.25) is 12.7 Å². The molecule has 2 saturated carbocycles. The van der Waals surface area contributed by atoms with Crippen molar-refractivity contribution in [1.82, 2.24) is 4.90 Å². The van der Waals surface area contributed by atoms with Crippen molar-refractivity contribution in [1.29, 1.82) is 5.26 Å². The van der Waals surface area contributed by atoms with Gasteiger partial charge in [-0.05, 0) is 61.8 Å². The number of rotatable bonds is 3. The summed E-state index contributed by atoms with van der Waals surface area (Å²) in [7, 11) is 2.90. The molecule has 0 aromatic heterocycles. The fourth-order valence-corrected chi connectivity index (χ4v) is 7.54. The van der Waals surface area contributed by atoms with Gasteiger partial charge in [-0.3, -0.25) is 28.9 Å². The van der Waals surface area contributed by atoms with Crippen LogP contribution in [0.4, 0.5) is 0 Å². The van der Waals surface area contributed by atoms with E-state index in [4.69, 9.17) is 26.7 Å². The number of likely N-dealkylation sites (N-methyl/N-ethyl adjacent to an activating group) is 1. The van der Waals surface area contributed by atoms with Crippen molar-refractivity contribution >= 4 is 29.0 Å². The van der Waals surface area contributed by atoms with Gasteiger partial charge in [-0.2, -0.15) is 5.26 Å². The zero-order valence-electron chi connectivity index (χ0n) is 22.7. The summed E-state index contributed by atoms with van der Waals surface area (Å²) in [6.07, 6.45) is -0.665. The number of carbonyl (C=O) groups is 5. The second-order valence-electron chi connectivity index (χ2n) is 11.7. The molecule has 1 aliphatic heterocycles. The predicted molar refractivity (Wildman–Crippen MR) is 143 cm³/mol. The van der Waals surface area contributed by atoms with Crippen LogP contribution in [0.15, 0.2) is 30.3 Å². The summed E-state index contributed by atoms with van der Waals surface area (Å²) in [5, 5.41) is 21.3. The number of nitrogens with two attached hydrogens (primary N) is 3. The number of ether oxygens (including phenoxy) is 2. The lowest BCUT2D eigenvalue weighted by Gasteiger charge is -2.60. The molecule has 216 valence electrons. The summed E-state index contributed by atoms with van der Waals surface area (Å²) in [6.45, 7) is 0.0426. The molecule has 42 heavy (non-hydrogen) atoms. The molecule has 1 amide bonds. The molecule has 4 aliphatic rings. The van der Waals surface area contributed by atoms with E-state index < -0.39 is 75.6 Å². The number of benzene rings is 2. The van der Waals surface area contributed by atoms with Crippen LogP contribution in [0.25, 0.3) is 11.1 Å². The Morgan fingerprint density at radius 2 is 1.76 bits per heavy atom. The summed E-state index contributed by atoms with van der Waals surface area (Å²) in [5.41, 5.74) is 13.6.